The molecular weight excluding hydrogens is 438 g/mol. The number of pyridine rings is 3. The summed E-state index contributed by atoms with van der Waals surface area (Å²) in [5.41, 5.74) is 5.51. The monoisotopic (exact) mass is 457 g/mol. The molecule has 3 aromatic heterocycles. The molecular formula is C27H19N7O. The molecule has 0 fully saturated rings. The number of benzene rings is 2. The van der Waals surface area contributed by atoms with E-state index in [-0.39, 0.29) is 11.6 Å². The highest BCUT2D eigenvalue weighted by Gasteiger charge is 2.10. The number of anilines is 5. The molecule has 0 aliphatic rings. The summed E-state index contributed by atoms with van der Waals surface area (Å²) in [6.07, 6.45) is 6.71. The summed E-state index contributed by atoms with van der Waals surface area (Å²) in [4.78, 5) is 25.4. The van der Waals surface area contributed by atoms with Crippen molar-refractivity contribution in [3.63, 3.8) is 0 Å². The second-order valence-corrected chi connectivity index (χ2v) is 7.66. The maximum atomic E-state index is 12.7. The first-order valence-corrected chi connectivity index (χ1v) is 10.8. The molecule has 8 heteroatoms. The summed E-state index contributed by atoms with van der Waals surface area (Å²) < 4.78 is 0. The average molecular weight is 457 g/mol. The number of nitriles is 1. The summed E-state index contributed by atoms with van der Waals surface area (Å²) in [6.45, 7) is 0. The van der Waals surface area contributed by atoms with Gasteiger partial charge in [-0.25, -0.2) is 4.98 Å². The Morgan fingerprint density at radius 1 is 0.771 bits per heavy atom. The molecule has 0 unspecified atom stereocenters. The van der Waals surface area contributed by atoms with Crippen LogP contribution in [0.15, 0.2) is 97.6 Å². The van der Waals surface area contributed by atoms with Crippen molar-refractivity contribution < 1.29 is 4.79 Å². The van der Waals surface area contributed by atoms with Gasteiger partial charge in [0.2, 0.25) is 0 Å². The summed E-state index contributed by atoms with van der Waals surface area (Å²) >= 11 is 0. The van der Waals surface area contributed by atoms with Crippen molar-refractivity contribution >= 4 is 45.2 Å². The first kappa shape index (κ1) is 21.6. The molecule has 0 bridgehead atoms. The Morgan fingerprint density at radius 2 is 1.63 bits per heavy atom. The average Bonchev–Trinajstić information content (AvgIpc) is 2.90. The molecule has 3 N–H and O–H groups in total. The van der Waals surface area contributed by atoms with Gasteiger partial charge >= 0.3 is 0 Å². The van der Waals surface area contributed by atoms with Crippen molar-refractivity contribution in [2.45, 2.75) is 0 Å². The van der Waals surface area contributed by atoms with Crippen LogP contribution in [-0.4, -0.2) is 20.9 Å². The molecule has 0 atom stereocenters. The molecule has 0 aliphatic heterocycles. The number of aromatic nitrogens is 3. The minimum atomic E-state index is -0.314. The topological polar surface area (TPSA) is 116 Å². The van der Waals surface area contributed by atoms with Crippen LogP contribution in [0, 0.1) is 11.3 Å². The van der Waals surface area contributed by atoms with Gasteiger partial charge in [0.15, 0.2) is 0 Å². The highest BCUT2D eigenvalue weighted by atomic mass is 16.1. The fourth-order valence-corrected chi connectivity index (χ4v) is 3.55. The van der Waals surface area contributed by atoms with Gasteiger partial charge in [-0.3, -0.25) is 14.8 Å². The summed E-state index contributed by atoms with van der Waals surface area (Å²) in [6, 6.07) is 23.9. The van der Waals surface area contributed by atoms with Gasteiger partial charge in [0.05, 0.1) is 29.0 Å². The van der Waals surface area contributed by atoms with E-state index >= 15 is 0 Å². The summed E-state index contributed by atoms with van der Waals surface area (Å²) in [7, 11) is 0. The second-order valence-electron chi connectivity index (χ2n) is 7.66. The van der Waals surface area contributed by atoms with Crippen LogP contribution in [-0.2, 0) is 0 Å². The van der Waals surface area contributed by atoms with E-state index in [9.17, 15) is 10.1 Å². The van der Waals surface area contributed by atoms with Gasteiger partial charge in [-0.2, -0.15) is 5.26 Å². The van der Waals surface area contributed by atoms with Crippen LogP contribution in [0.25, 0.3) is 10.9 Å². The van der Waals surface area contributed by atoms with Crippen LogP contribution in [0.3, 0.4) is 0 Å². The molecule has 35 heavy (non-hydrogen) atoms. The van der Waals surface area contributed by atoms with Gasteiger partial charge in [-0.15, -0.1) is 0 Å². The predicted molar refractivity (Wildman–Crippen MR) is 136 cm³/mol. The Balaban J connectivity index is 1.28. The zero-order chi connectivity index (χ0) is 24.0. The van der Waals surface area contributed by atoms with Crippen molar-refractivity contribution in [1.29, 1.82) is 5.26 Å². The fraction of sp³-hybridized carbons (Fsp3) is 0. The number of carbonyl (C=O) groups excluding carboxylic acids is 1. The standard InChI is InChI=1S/C27H19N7O/c28-16-18-4-6-24-23(14-18)25(10-13-30-24)33-22-5-7-26(31-17-22)27(35)34-21-3-1-2-20(15-21)32-19-8-11-29-12-9-19/h1-15,17H,(H,29,32)(H,30,33)(H,34,35). The Bertz CT molecular complexity index is 1540. The number of fused-ring (bicyclic) bond motifs is 1. The van der Waals surface area contributed by atoms with Crippen LogP contribution in [0.2, 0.25) is 0 Å². The summed E-state index contributed by atoms with van der Waals surface area (Å²) in [5, 5.41) is 19.5. The number of nitrogens with zero attached hydrogens (tertiary/aromatic N) is 4. The zero-order valence-corrected chi connectivity index (χ0v) is 18.4. The lowest BCUT2D eigenvalue weighted by molar-refractivity contribution is 0.102. The quantitative estimate of drug-likeness (QED) is 0.302. The SMILES string of the molecule is N#Cc1ccc2nccc(Nc3ccc(C(=O)Nc4cccc(Nc5ccncc5)c4)nc3)c2c1. The molecule has 3 heterocycles. The number of rotatable bonds is 6. The van der Waals surface area contributed by atoms with Crippen molar-refractivity contribution in [3.8, 4) is 6.07 Å². The molecule has 0 saturated heterocycles. The lowest BCUT2D eigenvalue weighted by Crippen LogP contribution is -2.13. The molecule has 0 aliphatic carbocycles. The van der Waals surface area contributed by atoms with Gasteiger partial charge < -0.3 is 16.0 Å². The maximum Gasteiger partial charge on any atom is 0.274 e. The van der Waals surface area contributed by atoms with Crippen LogP contribution < -0.4 is 16.0 Å². The van der Waals surface area contributed by atoms with E-state index in [1.54, 1.807) is 49.1 Å². The van der Waals surface area contributed by atoms with Crippen LogP contribution in [0.4, 0.5) is 28.4 Å². The van der Waals surface area contributed by atoms with E-state index in [0.717, 1.165) is 28.0 Å². The van der Waals surface area contributed by atoms with Crippen molar-refractivity contribution in [1.82, 2.24) is 15.0 Å². The van der Waals surface area contributed by atoms with Crippen LogP contribution in [0.5, 0.6) is 0 Å². The van der Waals surface area contributed by atoms with Crippen LogP contribution in [0.1, 0.15) is 16.1 Å². The Labute approximate surface area is 201 Å². The van der Waals surface area contributed by atoms with E-state index in [4.69, 9.17) is 0 Å². The minimum absolute atomic E-state index is 0.286. The maximum absolute atomic E-state index is 12.7. The van der Waals surface area contributed by atoms with Crippen molar-refractivity contribution in [3.05, 3.63) is 109 Å². The van der Waals surface area contributed by atoms with Gasteiger partial charge in [-0.1, -0.05) is 6.07 Å². The third-order valence-corrected chi connectivity index (χ3v) is 5.24. The molecule has 1 amide bonds. The first-order chi connectivity index (χ1) is 17.2. The predicted octanol–water partition coefficient (Wildman–Crippen LogP) is 5.64. The lowest BCUT2D eigenvalue weighted by atomic mass is 10.1. The van der Waals surface area contributed by atoms with Crippen molar-refractivity contribution in [2.75, 3.05) is 16.0 Å². The Morgan fingerprint density at radius 3 is 2.43 bits per heavy atom. The molecule has 5 rings (SSSR count). The third-order valence-electron chi connectivity index (χ3n) is 5.24. The third kappa shape index (κ3) is 5.05. The molecule has 0 saturated carbocycles. The molecule has 168 valence electrons. The highest BCUT2D eigenvalue weighted by molar-refractivity contribution is 6.03. The number of nitrogens with one attached hydrogen (secondary N) is 3. The van der Waals surface area contributed by atoms with Crippen LogP contribution >= 0.6 is 0 Å². The van der Waals surface area contributed by atoms with E-state index < -0.39 is 0 Å². The fourth-order valence-electron chi connectivity index (χ4n) is 3.55. The normalized spacial score (nSPS) is 10.4. The molecule has 0 spiro atoms. The smallest absolute Gasteiger partial charge is 0.274 e. The highest BCUT2D eigenvalue weighted by Crippen LogP contribution is 2.26. The largest absolute Gasteiger partial charge is 0.355 e. The van der Waals surface area contributed by atoms with E-state index in [2.05, 4.69) is 37.0 Å². The van der Waals surface area contributed by atoms with Gasteiger partial charge in [0.1, 0.15) is 5.69 Å². The summed E-state index contributed by atoms with van der Waals surface area (Å²) in [5.74, 6) is -0.314. The van der Waals surface area contributed by atoms with E-state index in [0.29, 0.717) is 16.9 Å². The number of carbonyl (C=O) groups is 1. The van der Waals surface area contributed by atoms with Gasteiger partial charge in [0.25, 0.3) is 5.91 Å². The second kappa shape index (κ2) is 9.68. The number of amides is 1. The molecule has 2 aromatic carbocycles. The van der Waals surface area contributed by atoms with E-state index in [1.165, 1.54) is 0 Å². The zero-order valence-electron chi connectivity index (χ0n) is 18.4. The number of hydrogen-bond acceptors (Lipinski definition) is 7. The first-order valence-electron chi connectivity index (χ1n) is 10.8. The van der Waals surface area contributed by atoms with Crippen molar-refractivity contribution in [2.24, 2.45) is 0 Å². The molecule has 8 nitrogen and oxygen atoms in total. The number of hydrogen-bond donors (Lipinski definition) is 3. The van der Waals surface area contributed by atoms with Gasteiger partial charge in [0, 0.05) is 46.7 Å². The molecule has 0 radical (unpaired) electrons. The lowest BCUT2D eigenvalue weighted by Gasteiger charge is -2.11. The van der Waals surface area contributed by atoms with Gasteiger partial charge in [-0.05, 0) is 66.7 Å². The van der Waals surface area contributed by atoms with E-state index in [1.807, 2.05) is 48.5 Å². The Hall–Kier alpha value is -5.29. The Kier molecular flexibility index (Phi) is 5.96. The minimum Gasteiger partial charge on any atom is -0.355 e. The molecule has 5 aromatic rings.